The van der Waals surface area contributed by atoms with Crippen molar-refractivity contribution in [2.24, 2.45) is 0 Å². The summed E-state index contributed by atoms with van der Waals surface area (Å²) >= 11 is 1.55. The minimum absolute atomic E-state index is 0.344. The predicted octanol–water partition coefficient (Wildman–Crippen LogP) is 3.02. The van der Waals surface area contributed by atoms with Crippen LogP contribution in [0.4, 0.5) is 5.69 Å². The van der Waals surface area contributed by atoms with Crippen LogP contribution in [0.2, 0.25) is 0 Å². The molecule has 1 N–H and O–H groups in total. The molecule has 5 heteroatoms. The Kier molecular flexibility index (Phi) is 4.16. The highest BCUT2D eigenvalue weighted by atomic mass is 32.1. The minimum atomic E-state index is -0.344. The van der Waals surface area contributed by atoms with E-state index in [0.717, 1.165) is 10.6 Å². The van der Waals surface area contributed by atoms with Crippen LogP contribution in [0.15, 0.2) is 35.7 Å². The lowest BCUT2D eigenvalue weighted by Crippen LogP contribution is -2.02. The van der Waals surface area contributed by atoms with E-state index < -0.39 is 0 Å². The predicted molar refractivity (Wildman–Crippen MR) is 74.1 cm³/mol. The molecule has 0 aliphatic rings. The fraction of sp³-hybridized carbons (Fsp3) is 0.143. The van der Waals surface area contributed by atoms with Gasteiger partial charge in [-0.25, -0.2) is 4.79 Å². The van der Waals surface area contributed by atoms with Gasteiger partial charge in [-0.2, -0.15) is 5.26 Å². The average Bonchev–Trinajstić information content (AvgIpc) is 2.93. The molecule has 4 nitrogen and oxygen atoms in total. The largest absolute Gasteiger partial charge is 0.465 e. The molecule has 0 saturated carbocycles. The third-order valence-corrected chi connectivity index (χ3v) is 3.49. The molecule has 19 heavy (non-hydrogen) atoms. The van der Waals surface area contributed by atoms with Crippen molar-refractivity contribution in [3.05, 3.63) is 51.7 Å². The van der Waals surface area contributed by atoms with Gasteiger partial charge in [0.25, 0.3) is 0 Å². The number of hydrogen-bond acceptors (Lipinski definition) is 5. The number of ether oxygens (including phenoxy) is 1. The van der Waals surface area contributed by atoms with Gasteiger partial charge < -0.3 is 10.1 Å². The third kappa shape index (κ3) is 3.33. The molecule has 0 saturated heterocycles. The van der Waals surface area contributed by atoms with Gasteiger partial charge in [-0.1, -0.05) is 0 Å². The van der Waals surface area contributed by atoms with E-state index in [1.54, 1.807) is 23.5 Å². The van der Waals surface area contributed by atoms with Crippen molar-refractivity contribution in [2.75, 3.05) is 12.4 Å². The zero-order valence-electron chi connectivity index (χ0n) is 10.3. The monoisotopic (exact) mass is 272 g/mol. The fourth-order valence-corrected chi connectivity index (χ4v) is 2.31. The quantitative estimate of drug-likeness (QED) is 0.869. The van der Waals surface area contributed by atoms with Gasteiger partial charge in [-0.15, -0.1) is 11.3 Å². The van der Waals surface area contributed by atoms with Gasteiger partial charge in [0.15, 0.2) is 0 Å². The number of hydrogen-bond donors (Lipinski definition) is 1. The van der Waals surface area contributed by atoms with Crippen LogP contribution in [0.3, 0.4) is 0 Å². The van der Waals surface area contributed by atoms with Crippen molar-refractivity contribution >= 4 is 23.0 Å². The number of anilines is 1. The fourth-order valence-electron chi connectivity index (χ4n) is 1.56. The van der Waals surface area contributed by atoms with Crippen molar-refractivity contribution < 1.29 is 9.53 Å². The molecule has 96 valence electrons. The summed E-state index contributed by atoms with van der Waals surface area (Å²) in [5, 5.41) is 13.8. The molecule has 2 aromatic rings. The first-order chi connectivity index (χ1) is 9.22. The number of benzene rings is 1. The molecule has 0 radical (unpaired) electrons. The summed E-state index contributed by atoms with van der Waals surface area (Å²) in [6.07, 6.45) is 0. The molecule has 0 bridgehead atoms. The maximum absolute atomic E-state index is 11.3. The zero-order valence-corrected chi connectivity index (χ0v) is 11.2. The maximum Gasteiger partial charge on any atom is 0.337 e. The molecule has 0 aliphatic heterocycles. The minimum Gasteiger partial charge on any atom is -0.465 e. The Morgan fingerprint density at radius 3 is 2.74 bits per heavy atom. The van der Waals surface area contributed by atoms with Crippen LogP contribution in [0, 0.1) is 11.3 Å². The van der Waals surface area contributed by atoms with E-state index in [4.69, 9.17) is 5.26 Å². The van der Waals surface area contributed by atoms with Crippen molar-refractivity contribution in [2.45, 2.75) is 6.54 Å². The molecular weight excluding hydrogens is 260 g/mol. The molecule has 0 amide bonds. The average molecular weight is 272 g/mol. The van der Waals surface area contributed by atoms with Gasteiger partial charge in [-0.05, 0) is 30.3 Å². The second-order valence-corrected chi connectivity index (χ2v) is 4.83. The number of esters is 1. The number of carbonyl (C=O) groups excluding carboxylic acids is 1. The summed E-state index contributed by atoms with van der Waals surface area (Å²) in [5.74, 6) is -0.344. The Labute approximate surface area is 115 Å². The zero-order chi connectivity index (χ0) is 13.7. The number of nitrogens with zero attached hydrogens (tertiary/aromatic N) is 1. The van der Waals surface area contributed by atoms with Crippen LogP contribution >= 0.6 is 11.3 Å². The lowest BCUT2D eigenvalue weighted by molar-refractivity contribution is 0.0601. The Morgan fingerprint density at radius 2 is 2.16 bits per heavy atom. The van der Waals surface area contributed by atoms with Gasteiger partial charge in [0.1, 0.15) is 6.07 Å². The highest BCUT2D eigenvalue weighted by molar-refractivity contribution is 7.10. The lowest BCUT2D eigenvalue weighted by Gasteiger charge is -2.05. The SMILES string of the molecule is COC(=O)c1ccc(NCc2cc(C#N)cs2)cc1. The summed E-state index contributed by atoms with van der Waals surface area (Å²) in [6.45, 7) is 0.657. The summed E-state index contributed by atoms with van der Waals surface area (Å²) < 4.78 is 4.63. The molecule has 1 heterocycles. The number of methoxy groups -OCH3 is 1. The first-order valence-corrected chi connectivity index (χ1v) is 6.50. The first kappa shape index (κ1) is 13.1. The van der Waals surface area contributed by atoms with E-state index in [0.29, 0.717) is 17.7 Å². The number of thiophene rings is 1. The smallest absolute Gasteiger partial charge is 0.337 e. The van der Waals surface area contributed by atoms with Crippen LogP contribution in [0.1, 0.15) is 20.8 Å². The van der Waals surface area contributed by atoms with E-state index in [-0.39, 0.29) is 5.97 Å². The molecule has 1 aromatic heterocycles. The van der Waals surface area contributed by atoms with Crippen LogP contribution in [0.25, 0.3) is 0 Å². The standard InChI is InChI=1S/C14H12N2O2S/c1-18-14(17)11-2-4-12(5-3-11)16-8-13-6-10(7-15)9-19-13/h2-6,9,16H,8H2,1H3. The second kappa shape index (κ2) is 6.03. The summed E-state index contributed by atoms with van der Waals surface area (Å²) in [6, 6.07) is 11.0. The van der Waals surface area contributed by atoms with Crippen LogP contribution in [-0.2, 0) is 11.3 Å². The molecule has 1 aromatic carbocycles. The van der Waals surface area contributed by atoms with E-state index in [1.807, 2.05) is 23.6 Å². The molecule has 0 atom stereocenters. The topological polar surface area (TPSA) is 62.1 Å². The van der Waals surface area contributed by atoms with Crippen molar-refractivity contribution in [3.63, 3.8) is 0 Å². The van der Waals surface area contributed by atoms with Gasteiger partial charge >= 0.3 is 5.97 Å². The summed E-state index contributed by atoms with van der Waals surface area (Å²) in [5.41, 5.74) is 2.12. The molecule has 0 aliphatic carbocycles. The van der Waals surface area contributed by atoms with E-state index in [2.05, 4.69) is 16.1 Å². The second-order valence-electron chi connectivity index (χ2n) is 3.84. The normalized spacial score (nSPS) is 9.68. The van der Waals surface area contributed by atoms with Crippen LogP contribution in [-0.4, -0.2) is 13.1 Å². The van der Waals surface area contributed by atoms with Crippen LogP contribution in [0.5, 0.6) is 0 Å². The Balaban J connectivity index is 1.96. The maximum atomic E-state index is 11.3. The van der Waals surface area contributed by atoms with Gasteiger partial charge in [-0.3, -0.25) is 0 Å². The molecule has 2 rings (SSSR count). The van der Waals surface area contributed by atoms with E-state index in [1.165, 1.54) is 7.11 Å². The summed E-state index contributed by atoms with van der Waals surface area (Å²) in [7, 11) is 1.36. The Hall–Kier alpha value is -2.32. The van der Waals surface area contributed by atoms with Gasteiger partial charge in [0.2, 0.25) is 0 Å². The van der Waals surface area contributed by atoms with Gasteiger partial charge in [0, 0.05) is 22.5 Å². The molecule has 0 fully saturated rings. The lowest BCUT2D eigenvalue weighted by atomic mass is 10.2. The van der Waals surface area contributed by atoms with E-state index in [9.17, 15) is 4.79 Å². The first-order valence-electron chi connectivity index (χ1n) is 5.62. The van der Waals surface area contributed by atoms with Crippen LogP contribution < -0.4 is 5.32 Å². The number of rotatable bonds is 4. The van der Waals surface area contributed by atoms with E-state index >= 15 is 0 Å². The Bertz CT molecular complexity index is 611. The summed E-state index contributed by atoms with van der Waals surface area (Å²) in [4.78, 5) is 12.4. The highest BCUT2D eigenvalue weighted by Gasteiger charge is 2.04. The highest BCUT2D eigenvalue weighted by Crippen LogP contribution is 2.16. The number of carbonyl (C=O) groups is 1. The molecule has 0 unspecified atom stereocenters. The number of nitrogens with one attached hydrogen (secondary N) is 1. The van der Waals surface area contributed by atoms with Crippen molar-refractivity contribution in [1.29, 1.82) is 5.26 Å². The van der Waals surface area contributed by atoms with Gasteiger partial charge in [0.05, 0.1) is 18.2 Å². The Morgan fingerprint density at radius 1 is 1.42 bits per heavy atom. The number of nitriles is 1. The van der Waals surface area contributed by atoms with Crippen molar-refractivity contribution in [1.82, 2.24) is 0 Å². The van der Waals surface area contributed by atoms with Crippen molar-refractivity contribution in [3.8, 4) is 6.07 Å². The third-order valence-electron chi connectivity index (χ3n) is 2.56. The molecular formula is C14H12N2O2S. The molecule has 0 spiro atoms.